The number of hydrogen-bond donors (Lipinski definition) is 0. The van der Waals surface area contributed by atoms with E-state index in [9.17, 15) is 0 Å². The maximum Gasteiger partial charge on any atom is 1.00 e. The molecular weight excluding hydrogens is 1880 g/mol. The molecule has 60 nitrogen and oxygen atoms in total. The molecule has 0 aliphatic carbocycles. The quantitative estimate of drug-likeness (QED) is 0.204. The summed E-state index contributed by atoms with van der Waals surface area (Å²) in [7, 11) is 0. The zero-order valence-electron chi connectivity index (χ0n) is 110. The second-order valence-corrected chi connectivity index (χ2v) is 0. The molecule has 0 bridgehead atoms. The predicted molar refractivity (Wildman–Crippen MR) is 261 cm³/mol. The van der Waals surface area contributed by atoms with E-state index in [0.717, 1.165) is 0 Å². The van der Waals surface area contributed by atoms with Crippen molar-refractivity contribution in [3.63, 3.8) is 0 Å². The SMILES string of the molecule is O.O.O.O.O.O.O.O.O.O.O.O.O.O.O.O.O.O.O.O.O.O.O.O.O.O.O.O.O.O.O.O.O.O.O.O.O.O.O.O.O.O.O.O.O.O.O.O.O.O.O.O.O.O.O.O.O.O.O.O.[H-].[H-].[H-].[H-].[H-].[H-].[H-].[H-].[H-].[H-].[H-].[H-].[H-].[H-].[H-].[H-].[H-].[H-].[H-].[H-].[H-].[H-].[H-].[H-].[H-].[H-].[H-].[H-].[H-].[H-].[H-].[H-].[H-].[H-].[H-].[H-].[H-].[H-].[H-].[H-].[Na+].[Na+].[Na+].[Na+].[Na+].[Na+].[Na+].[Na+].[Na+].[Na+].[Na+].[Na+].[Na+].[Na+].[Na+].[Na+].[Na+].[Na+].[Na+].[Na+].[Na+].[Na+].[Na+].[Na+].[Na+].[Na+].[Na+].[Na+].[Na+].[Na+].[Na+].[Na+].[Na+].[Na+].[Na+].[Na+].[Na+].[Na+].[Na+].[Na+]. The average Bonchev–Trinajstić information content (AvgIpc) is 0. The van der Waals surface area contributed by atoms with Crippen molar-refractivity contribution in [2.24, 2.45) is 0 Å². The fourth-order valence-corrected chi connectivity index (χ4v) is 0. The molecule has 0 spiro atoms. The Bertz CT molecular complexity index is 218. The van der Waals surface area contributed by atoms with Gasteiger partial charge < -0.3 is 386 Å². The summed E-state index contributed by atoms with van der Waals surface area (Å²) < 4.78 is 0. The van der Waals surface area contributed by atoms with Crippen molar-refractivity contribution in [1.82, 2.24) is 0 Å². The van der Waals surface area contributed by atoms with Crippen LogP contribution in [0.2, 0.25) is 0 Å². The molecule has 0 aromatic carbocycles. The second kappa shape index (κ2) is 1780. The first-order valence-electron chi connectivity index (χ1n) is 0. The Morgan fingerprint density at radius 1 is 0.0300 bits per heavy atom. The molecule has 0 rings (SSSR count). The summed E-state index contributed by atoms with van der Waals surface area (Å²) in [6, 6.07) is 0. The Labute approximate surface area is 1530 Å². The first-order chi connectivity index (χ1) is 0. The molecule has 100 heavy (non-hydrogen) atoms. The topological polar surface area (TPSA) is 1890 Å². The van der Waals surface area contributed by atoms with Crippen LogP contribution in [-0.4, -0.2) is 329 Å². The van der Waals surface area contributed by atoms with Crippen LogP contribution in [0, 0.1) is 0 Å². The summed E-state index contributed by atoms with van der Waals surface area (Å²) in [5.41, 5.74) is 0. The summed E-state index contributed by atoms with van der Waals surface area (Å²) in [5, 5.41) is 0. The van der Waals surface area contributed by atoms with Gasteiger partial charge in [0.25, 0.3) is 0 Å². The maximum atomic E-state index is 0. The van der Waals surface area contributed by atoms with Crippen LogP contribution in [-0.2, 0) is 0 Å². The minimum Gasteiger partial charge on any atom is -1.00 e. The van der Waals surface area contributed by atoms with Crippen LogP contribution >= 0.6 is 0 Å². The predicted octanol–water partition coefficient (Wildman–Crippen LogP) is -165. The van der Waals surface area contributed by atoms with Crippen LogP contribution in [0.25, 0.3) is 0 Å². The van der Waals surface area contributed by atoms with Gasteiger partial charge in [-0.05, 0) is 0 Å². The van der Waals surface area contributed by atoms with Gasteiger partial charge in [0.2, 0.25) is 0 Å². The summed E-state index contributed by atoms with van der Waals surface area (Å²) >= 11 is 0. The van der Waals surface area contributed by atoms with E-state index in [1.165, 1.54) is 0 Å². The summed E-state index contributed by atoms with van der Waals surface area (Å²) in [6.45, 7) is 0. The molecule has 0 aliphatic rings. The van der Waals surface area contributed by atoms with Crippen LogP contribution in [0.4, 0.5) is 0 Å². The second-order valence-electron chi connectivity index (χ2n) is 0. The van der Waals surface area contributed by atoms with Crippen LogP contribution in [0.5, 0.6) is 0 Å². The minimum atomic E-state index is 0. The maximum absolute atomic E-state index is 0. The number of hydrogen-bond acceptors (Lipinski definition) is 0. The molecule has 0 heterocycles. The van der Waals surface area contributed by atoms with Crippen LogP contribution < -0.4 is 1180 Å². The largest absolute Gasteiger partial charge is 1.00 e. The van der Waals surface area contributed by atoms with Gasteiger partial charge in [0.1, 0.15) is 0 Å². The van der Waals surface area contributed by atoms with Crippen molar-refractivity contribution in [3.05, 3.63) is 0 Å². The zero-order valence-corrected chi connectivity index (χ0v) is 150. The van der Waals surface area contributed by atoms with E-state index in [-0.39, 0.29) is 1570 Å². The standard InChI is InChI=1S/40Na.60H2O.40H/h;;;;;;;;;;;;;;;;;;;;;;;;;;;;;;;;;;;;;;;;60*1H2;;;;;;;;;;;;;;;;;;;;;;;;;;;;;;;;;;;;;;;;/q40*+1;;;;;;;;;;;;;;;;;;;;;;;;;;;;;;;;;;;;;;;;;;;;;;;;;;;;;;;;;;;;;40*-1. The van der Waals surface area contributed by atoms with Crippen molar-refractivity contribution < 1.29 is 1570 Å². The van der Waals surface area contributed by atoms with Crippen molar-refractivity contribution in [2.75, 3.05) is 0 Å². The molecule has 120 N–H and O–H groups in total. The van der Waals surface area contributed by atoms with Gasteiger partial charge in [-0.2, -0.15) is 0 Å². The van der Waals surface area contributed by atoms with Crippen molar-refractivity contribution in [3.8, 4) is 0 Å². The molecule has 0 unspecified atom stereocenters. The Morgan fingerprint density at radius 3 is 0.0300 bits per heavy atom. The average molecular weight is 2040 g/mol. The monoisotopic (exact) mass is 2040 g/mol. The molecule has 0 radical (unpaired) electrons. The van der Waals surface area contributed by atoms with Crippen LogP contribution in [0.15, 0.2) is 0 Å². The zero-order chi connectivity index (χ0) is 0. The molecule has 0 atom stereocenters. The molecule has 100 heteroatoms. The third kappa shape index (κ3) is 1740. The molecule has 0 amide bonds. The van der Waals surface area contributed by atoms with E-state index in [0.29, 0.717) is 0 Å². The normalized spacial score (nSPS) is 0. The van der Waals surface area contributed by atoms with Gasteiger partial charge >= 0.3 is 1180 Å². The summed E-state index contributed by atoms with van der Waals surface area (Å²) in [5.74, 6) is 0. The smallest absolute Gasteiger partial charge is 1.00 e. The van der Waals surface area contributed by atoms with E-state index in [1.807, 2.05) is 0 Å². The molecular formula is H160Na40O60. The van der Waals surface area contributed by atoms with Gasteiger partial charge in [-0.15, -0.1) is 0 Å². The van der Waals surface area contributed by atoms with Crippen molar-refractivity contribution >= 4 is 0 Å². The van der Waals surface area contributed by atoms with Crippen LogP contribution in [0.1, 0.15) is 57.1 Å². The first-order valence-corrected chi connectivity index (χ1v) is 0. The Morgan fingerprint density at radius 2 is 0.0300 bits per heavy atom. The van der Waals surface area contributed by atoms with Crippen LogP contribution in [0.3, 0.4) is 0 Å². The first kappa shape index (κ1) is 1820. The fourth-order valence-electron chi connectivity index (χ4n) is 0. The Hall–Kier alpha value is 37.6. The van der Waals surface area contributed by atoms with E-state index in [2.05, 4.69) is 0 Å². The molecule has 0 aromatic rings. The Balaban J connectivity index is 0. The molecule has 0 fully saturated rings. The molecule has 0 saturated heterocycles. The van der Waals surface area contributed by atoms with Gasteiger partial charge in [-0.25, -0.2) is 0 Å². The van der Waals surface area contributed by atoms with Gasteiger partial charge in [0.05, 0.1) is 0 Å². The Kier molecular flexibility index (Phi) is 32300. The van der Waals surface area contributed by atoms with E-state index in [1.54, 1.807) is 0 Å². The third-order valence-electron chi connectivity index (χ3n) is 0. The van der Waals surface area contributed by atoms with Crippen molar-refractivity contribution in [2.45, 2.75) is 0 Å². The number of rotatable bonds is 0. The third-order valence-corrected chi connectivity index (χ3v) is 0. The van der Waals surface area contributed by atoms with Gasteiger partial charge in [0.15, 0.2) is 0 Å². The van der Waals surface area contributed by atoms with Gasteiger partial charge in [-0.3, -0.25) is 0 Å². The molecule has 0 aliphatic heterocycles. The van der Waals surface area contributed by atoms with Crippen molar-refractivity contribution in [1.29, 1.82) is 0 Å². The van der Waals surface area contributed by atoms with Gasteiger partial charge in [-0.1, -0.05) is 0 Å². The minimum absolute atomic E-state index is 0. The molecule has 0 saturated carbocycles. The molecule has 0 aromatic heterocycles. The summed E-state index contributed by atoms with van der Waals surface area (Å²) in [6.07, 6.45) is 0. The molecule has 560 valence electrons. The summed E-state index contributed by atoms with van der Waals surface area (Å²) in [4.78, 5) is 0. The van der Waals surface area contributed by atoms with E-state index in [4.69, 9.17) is 0 Å². The van der Waals surface area contributed by atoms with E-state index >= 15 is 0 Å². The van der Waals surface area contributed by atoms with Gasteiger partial charge in [0, 0.05) is 0 Å². The van der Waals surface area contributed by atoms with E-state index < -0.39 is 0 Å². The fraction of sp³-hybridized carbons (Fsp3) is 0.